The summed E-state index contributed by atoms with van der Waals surface area (Å²) in [5, 5.41) is 12.6. The van der Waals surface area contributed by atoms with Crippen LogP contribution in [0.1, 0.15) is 49.9 Å². The molecule has 2 aliphatic rings. The fraction of sp³-hybridized carbons (Fsp3) is 0.0833. The minimum absolute atomic E-state index is 0.265. The summed E-state index contributed by atoms with van der Waals surface area (Å²) >= 11 is 0. The Kier molecular flexibility index (Phi) is 8.83. The van der Waals surface area contributed by atoms with Gasteiger partial charge in [0.1, 0.15) is 0 Å². The van der Waals surface area contributed by atoms with Crippen LogP contribution in [0.5, 0.6) is 0 Å². The lowest BCUT2D eigenvalue weighted by atomic mass is 9.73. The van der Waals surface area contributed by atoms with Crippen LogP contribution in [0.15, 0.2) is 243 Å². The lowest BCUT2D eigenvalue weighted by molar-refractivity contribution is 0.632. The van der Waals surface area contributed by atoms with Gasteiger partial charge >= 0.3 is 0 Å². The van der Waals surface area contributed by atoms with Gasteiger partial charge in [-0.05, 0) is 152 Å². The highest BCUT2D eigenvalue weighted by atomic mass is 15.2. The highest BCUT2D eigenvalue weighted by Gasteiger charge is 2.40. The predicted octanol–water partition coefficient (Wildman–Crippen LogP) is 19.6. The molecule has 14 aromatic rings. The minimum atomic E-state index is -0.265. The average molecular weight is 973 g/mol. The highest BCUT2D eigenvalue weighted by Crippen LogP contribution is 2.57. The van der Waals surface area contributed by atoms with Crippen molar-refractivity contribution in [2.45, 2.75) is 38.5 Å². The molecule has 76 heavy (non-hydrogen) atoms. The molecule has 4 heteroatoms. The third-order valence-corrected chi connectivity index (χ3v) is 17.4. The predicted molar refractivity (Wildman–Crippen MR) is 321 cm³/mol. The van der Waals surface area contributed by atoms with Crippen LogP contribution < -0.4 is 9.80 Å². The van der Waals surface area contributed by atoms with E-state index in [2.05, 4.69) is 289 Å². The molecule has 0 bridgehead atoms. The average Bonchev–Trinajstić information content (AvgIpc) is 4.14. The lowest BCUT2D eigenvalue weighted by Gasteiger charge is -2.42. The van der Waals surface area contributed by atoms with Crippen molar-refractivity contribution in [2.24, 2.45) is 0 Å². The molecule has 2 aliphatic heterocycles. The Bertz CT molecular complexity index is 4460. The van der Waals surface area contributed by atoms with Gasteiger partial charge in [-0.2, -0.15) is 0 Å². The summed E-state index contributed by atoms with van der Waals surface area (Å²) in [4.78, 5) is 5.04. The van der Waals surface area contributed by atoms with E-state index in [1.165, 1.54) is 121 Å². The molecule has 0 radical (unpaired) electrons. The molecule has 0 atom stereocenters. The number of nitrogens with zero attached hydrogens (tertiary/aromatic N) is 4. The zero-order chi connectivity index (χ0) is 50.6. The van der Waals surface area contributed by atoms with Crippen molar-refractivity contribution in [3.8, 4) is 11.4 Å². The van der Waals surface area contributed by atoms with Gasteiger partial charge in [0.2, 0.25) is 0 Å². The standard InChI is InChI=1S/C72H52N4/c1-71(2)57-27-15-17-29-61(57)75(67-43-65-55(41-59(67)71)69-53-25-13-11-19-45(53)33-37-63(69)73(65)49-21-7-5-8-22-49)51-35-31-48-40-52(36-32-47(48)39-51)76-62-30-18-16-28-58(62)72(3,4)60-42-56-66(44-68(60)76)74(50-23-9-6-10-24-50)64-38-34-46-20-12-14-26-54(46)70(56)64/h5-44H,1-4H3. The SMILES string of the molecule is CC1(C)c2ccccc2N(c2ccc3cc(N4c5ccccc5C(C)(C)c5cc6c7c8ccccc8ccc7n(-c7ccccc7)c6cc54)ccc3c2)c2cc3c(cc21)c1c2ccccc2ccc1n3-c1ccccc1. The van der Waals surface area contributed by atoms with Crippen molar-refractivity contribution >= 4 is 110 Å². The molecule has 0 unspecified atom stereocenters. The second-order valence-corrected chi connectivity index (χ2v) is 22.1. The van der Waals surface area contributed by atoms with Crippen LogP contribution >= 0.6 is 0 Å². The van der Waals surface area contributed by atoms with Crippen molar-refractivity contribution in [1.82, 2.24) is 9.13 Å². The Morgan fingerprint density at radius 3 is 1.08 bits per heavy atom. The van der Waals surface area contributed by atoms with Crippen LogP contribution in [-0.2, 0) is 10.8 Å². The smallest absolute Gasteiger partial charge is 0.0562 e. The van der Waals surface area contributed by atoms with Crippen LogP contribution in [0.2, 0.25) is 0 Å². The fourth-order valence-corrected chi connectivity index (χ4v) is 13.7. The molecule has 4 heterocycles. The second-order valence-electron chi connectivity index (χ2n) is 22.1. The zero-order valence-electron chi connectivity index (χ0n) is 42.9. The van der Waals surface area contributed by atoms with Crippen LogP contribution in [0.4, 0.5) is 34.1 Å². The van der Waals surface area contributed by atoms with Crippen LogP contribution in [0.25, 0.3) is 87.3 Å². The van der Waals surface area contributed by atoms with E-state index in [-0.39, 0.29) is 10.8 Å². The number of hydrogen-bond donors (Lipinski definition) is 0. The molecule has 0 saturated carbocycles. The summed E-state index contributed by atoms with van der Waals surface area (Å²) in [7, 11) is 0. The summed E-state index contributed by atoms with van der Waals surface area (Å²) in [5.74, 6) is 0. The van der Waals surface area contributed by atoms with Gasteiger partial charge < -0.3 is 18.9 Å². The quantitative estimate of drug-likeness (QED) is 0.175. The number of rotatable bonds is 4. The maximum atomic E-state index is 2.52. The second kappa shape index (κ2) is 15.6. The molecule has 4 nitrogen and oxygen atoms in total. The lowest BCUT2D eigenvalue weighted by Crippen LogP contribution is -2.30. The van der Waals surface area contributed by atoms with E-state index in [1.807, 2.05) is 0 Å². The van der Waals surface area contributed by atoms with Gasteiger partial charge in [0.15, 0.2) is 0 Å². The number of para-hydroxylation sites is 4. The van der Waals surface area contributed by atoms with Crippen molar-refractivity contribution in [3.63, 3.8) is 0 Å². The van der Waals surface area contributed by atoms with Crippen LogP contribution in [0, 0.1) is 0 Å². The fourth-order valence-electron chi connectivity index (χ4n) is 13.7. The Balaban J connectivity index is 0.894. The number of benzene rings is 12. The normalized spacial score (nSPS) is 14.5. The first-order chi connectivity index (χ1) is 37.2. The first-order valence-corrected chi connectivity index (χ1v) is 26.7. The van der Waals surface area contributed by atoms with E-state index >= 15 is 0 Å². The van der Waals surface area contributed by atoms with Gasteiger partial charge in [0.25, 0.3) is 0 Å². The van der Waals surface area contributed by atoms with E-state index in [9.17, 15) is 0 Å². The molecule has 0 aliphatic carbocycles. The van der Waals surface area contributed by atoms with Crippen molar-refractivity contribution in [1.29, 1.82) is 0 Å². The summed E-state index contributed by atoms with van der Waals surface area (Å²) in [6.07, 6.45) is 0. The van der Waals surface area contributed by atoms with Gasteiger partial charge in [0.05, 0.1) is 44.8 Å². The largest absolute Gasteiger partial charge is 0.310 e. The first kappa shape index (κ1) is 43.1. The molecule has 12 aromatic carbocycles. The topological polar surface area (TPSA) is 16.3 Å². The number of fused-ring (bicyclic) bond motifs is 15. The van der Waals surface area contributed by atoms with Crippen LogP contribution in [-0.4, -0.2) is 9.13 Å². The highest BCUT2D eigenvalue weighted by molar-refractivity contribution is 6.24. The summed E-state index contributed by atoms with van der Waals surface area (Å²) in [5.41, 5.74) is 18.9. The minimum Gasteiger partial charge on any atom is -0.310 e. The van der Waals surface area contributed by atoms with Gasteiger partial charge in [-0.15, -0.1) is 0 Å². The first-order valence-electron chi connectivity index (χ1n) is 26.7. The van der Waals surface area contributed by atoms with Crippen molar-refractivity contribution in [3.05, 3.63) is 265 Å². The Morgan fingerprint density at radius 2 is 0.632 bits per heavy atom. The molecule has 0 spiro atoms. The zero-order valence-corrected chi connectivity index (χ0v) is 42.9. The summed E-state index contributed by atoms with van der Waals surface area (Å²) in [6.45, 7) is 9.60. The monoisotopic (exact) mass is 972 g/mol. The van der Waals surface area contributed by atoms with Gasteiger partial charge in [0, 0.05) is 55.1 Å². The summed E-state index contributed by atoms with van der Waals surface area (Å²) in [6, 6.07) is 90.8. The van der Waals surface area contributed by atoms with Crippen molar-refractivity contribution in [2.75, 3.05) is 9.80 Å². The molecule has 16 rings (SSSR count). The number of aromatic nitrogens is 2. The maximum absolute atomic E-state index is 2.52. The van der Waals surface area contributed by atoms with E-state index in [1.54, 1.807) is 0 Å². The van der Waals surface area contributed by atoms with E-state index in [0.717, 1.165) is 22.7 Å². The molecular weight excluding hydrogens is 921 g/mol. The molecule has 2 aromatic heterocycles. The molecule has 0 amide bonds. The van der Waals surface area contributed by atoms with Gasteiger partial charge in [-0.3, -0.25) is 0 Å². The maximum Gasteiger partial charge on any atom is 0.0562 e. The van der Waals surface area contributed by atoms with Gasteiger partial charge in [-0.25, -0.2) is 0 Å². The Hall–Kier alpha value is -9.38. The van der Waals surface area contributed by atoms with E-state index < -0.39 is 0 Å². The third-order valence-electron chi connectivity index (χ3n) is 17.4. The molecular formula is C72H52N4. The third kappa shape index (κ3) is 5.90. The summed E-state index contributed by atoms with van der Waals surface area (Å²) < 4.78 is 4.94. The van der Waals surface area contributed by atoms with E-state index in [4.69, 9.17) is 0 Å². The molecule has 360 valence electrons. The molecule has 0 saturated heterocycles. The van der Waals surface area contributed by atoms with E-state index in [0.29, 0.717) is 0 Å². The Morgan fingerprint density at radius 1 is 0.250 bits per heavy atom. The van der Waals surface area contributed by atoms with Crippen LogP contribution in [0.3, 0.4) is 0 Å². The van der Waals surface area contributed by atoms with Crippen molar-refractivity contribution < 1.29 is 0 Å². The number of hydrogen-bond acceptors (Lipinski definition) is 2. The Labute approximate surface area is 441 Å². The molecule has 0 fully saturated rings. The number of anilines is 6. The van der Waals surface area contributed by atoms with Gasteiger partial charge in [-0.1, -0.05) is 173 Å². The molecule has 0 N–H and O–H groups in total.